The number of aliphatic hydroxyl groups is 1. The third-order valence-corrected chi connectivity index (χ3v) is 9.18. The Bertz CT molecular complexity index is 1280. The van der Waals surface area contributed by atoms with Gasteiger partial charge in [0.25, 0.3) is 0 Å². The maximum atomic E-state index is 14.4. The quantitative estimate of drug-likeness (QED) is 0.481. The van der Waals surface area contributed by atoms with Crippen LogP contribution in [0, 0.1) is 31.6 Å². The van der Waals surface area contributed by atoms with Crippen LogP contribution in [0.25, 0.3) is 0 Å². The van der Waals surface area contributed by atoms with E-state index in [1.165, 1.54) is 4.90 Å². The number of ether oxygens (including phenoxy) is 1. The Hall–Kier alpha value is -3.23. The van der Waals surface area contributed by atoms with E-state index in [9.17, 15) is 19.5 Å². The molecule has 3 N–H and O–H groups in total. The number of fused-ring (bicyclic) bond motifs is 1. The van der Waals surface area contributed by atoms with Gasteiger partial charge in [-0.05, 0) is 62.3 Å². The number of amides is 3. The highest BCUT2D eigenvalue weighted by molar-refractivity contribution is 6.04. The smallest absolute Gasteiger partial charge is 0.250 e. The SMILES string of the molecule is CCCNC(=O)[C@H]1[C@H]2C(=O)N([C@H](CO)c3ccccc3)C(C(=O)Nc3cc(C)ccc3C)C23CC(C)[C@]1(C)O3. The van der Waals surface area contributed by atoms with Crippen molar-refractivity contribution in [3.05, 3.63) is 65.2 Å². The minimum atomic E-state index is -1.19. The molecular weight excluding hydrogens is 494 g/mol. The van der Waals surface area contributed by atoms with Crippen LogP contribution in [-0.4, -0.2) is 58.1 Å². The zero-order valence-electron chi connectivity index (χ0n) is 23.4. The van der Waals surface area contributed by atoms with E-state index in [2.05, 4.69) is 10.6 Å². The Morgan fingerprint density at radius 2 is 1.87 bits per heavy atom. The van der Waals surface area contributed by atoms with E-state index in [0.29, 0.717) is 18.7 Å². The summed E-state index contributed by atoms with van der Waals surface area (Å²) in [7, 11) is 0. The Labute approximate surface area is 230 Å². The predicted octanol–water partition coefficient (Wildman–Crippen LogP) is 3.51. The molecule has 0 saturated carbocycles. The van der Waals surface area contributed by atoms with Gasteiger partial charge >= 0.3 is 0 Å². The molecule has 3 fully saturated rings. The summed E-state index contributed by atoms with van der Waals surface area (Å²) in [4.78, 5) is 43.8. The highest BCUT2D eigenvalue weighted by Crippen LogP contribution is 2.66. The molecule has 2 aromatic carbocycles. The minimum absolute atomic E-state index is 0.0563. The monoisotopic (exact) mass is 533 g/mol. The largest absolute Gasteiger partial charge is 0.394 e. The number of nitrogens with one attached hydrogen (secondary N) is 2. The first-order chi connectivity index (χ1) is 18.6. The summed E-state index contributed by atoms with van der Waals surface area (Å²) in [5.41, 5.74) is 1.20. The first-order valence-corrected chi connectivity index (χ1v) is 13.9. The summed E-state index contributed by atoms with van der Waals surface area (Å²) in [6.45, 7) is 9.91. The number of aliphatic hydroxyl groups excluding tert-OH is 1. The minimum Gasteiger partial charge on any atom is -0.394 e. The van der Waals surface area contributed by atoms with Gasteiger partial charge in [0.05, 0.1) is 30.1 Å². The number of likely N-dealkylation sites (tertiary alicyclic amines) is 1. The molecule has 208 valence electrons. The highest BCUT2D eigenvalue weighted by atomic mass is 16.5. The number of benzene rings is 2. The molecule has 0 aliphatic carbocycles. The molecule has 3 amide bonds. The fourth-order valence-electron chi connectivity index (χ4n) is 7.17. The number of aryl methyl sites for hydroxylation is 2. The molecule has 1 spiro atoms. The van der Waals surface area contributed by atoms with Gasteiger partial charge in [0.15, 0.2) is 0 Å². The number of hydrogen-bond acceptors (Lipinski definition) is 5. The zero-order chi connectivity index (χ0) is 28.1. The van der Waals surface area contributed by atoms with Gasteiger partial charge in [0, 0.05) is 12.2 Å². The van der Waals surface area contributed by atoms with Crippen molar-refractivity contribution < 1.29 is 24.2 Å². The van der Waals surface area contributed by atoms with Crippen LogP contribution >= 0.6 is 0 Å². The molecule has 8 nitrogen and oxygen atoms in total. The summed E-state index contributed by atoms with van der Waals surface area (Å²) in [6.07, 6.45) is 1.23. The lowest BCUT2D eigenvalue weighted by Crippen LogP contribution is -2.55. The standard InChI is InChI=1S/C31H39N3O5/c1-6-14-32-27(36)24-25-29(38)34(23(17-35)21-10-8-7-9-11-21)26(31(25)16-20(4)30(24,5)39-31)28(37)33-22-15-18(2)12-13-19(22)3/h7-13,15,20,23-26,35H,6,14,16-17H2,1-5H3,(H,32,36)(H,33,37)/t20?,23-,24-,25+,26?,30+,31?/m1/s1. The first kappa shape index (κ1) is 27.3. The van der Waals surface area contributed by atoms with E-state index in [4.69, 9.17) is 4.74 Å². The van der Waals surface area contributed by atoms with Crippen molar-refractivity contribution in [3.8, 4) is 0 Å². The summed E-state index contributed by atoms with van der Waals surface area (Å²) in [5.74, 6) is -2.55. The molecule has 7 atom stereocenters. The maximum Gasteiger partial charge on any atom is 0.250 e. The lowest BCUT2D eigenvalue weighted by Gasteiger charge is -2.37. The average Bonchev–Trinajstić information content (AvgIpc) is 3.43. The molecule has 0 radical (unpaired) electrons. The van der Waals surface area contributed by atoms with Crippen molar-refractivity contribution in [1.82, 2.24) is 10.2 Å². The molecule has 39 heavy (non-hydrogen) atoms. The predicted molar refractivity (Wildman–Crippen MR) is 148 cm³/mol. The van der Waals surface area contributed by atoms with Crippen LogP contribution in [0.2, 0.25) is 0 Å². The molecule has 3 heterocycles. The van der Waals surface area contributed by atoms with Gasteiger partial charge in [-0.15, -0.1) is 0 Å². The van der Waals surface area contributed by atoms with E-state index < -0.39 is 35.1 Å². The summed E-state index contributed by atoms with van der Waals surface area (Å²) in [5, 5.41) is 16.7. The van der Waals surface area contributed by atoms with Crippen molar-refractivity contribution in [2.45, 2.75) is 70.7 Å². The first-order valence-electron chi connectivity index (χ1n) is 13.9. The normalized spacial score (nSPS) is 31.7. The molecule has 8 heteroatoms. The van der Waals surface area contributed by atoms with Crippen LogP contribution in [0.5, 0.6) is 0 Å². The van der Waals surface area contributed by atoms with Gasteiger partial charge in [-0.2, -0.15) is 0 Å². The van der Waals surface area contributed by atoms with Crippen molar-refractivity contribution >= 4 is 23.4 Å². The van der Waals surface area contributed by atoms with Crippen molar-refractivity contribution in [3.63, 3.8) is 0 Å². The number of rotatable bonds is 8. The van der Waals surface area contributed by atoms with Crippen LogP contribution in [0.15, 0.2) is 48.5 Å². The van der Waals surface area contributed by atoms with E-state index in [1.807, 2.05) is 83.1 Å². The number of carbonyl (C=O) groups excluding carboxylic acids is 3. The van der Waals surface area contributed by atoms with Crippen LogP contribution in [0.1, 0.15) is 56.3 Å². The Morgan fingerprint density at radius 1 is 1.15 bits per heavy atom. The molecule has 3 unspecified atom stereocenters. The van der Waals surface area contributed by atoms with E-state index in [0.717, 1.165) is 23.1 Å². The zero-order valence-corrected chi connectivity index (χ0v) is 23.4. The average molecular weight is 534 g/mol. The van der Waals surface area contributed by atoms with Gasteiger partial charge in [0.2, 0.25) is 17.7 Å². The van der Waals surface area contributed by atoms with E-state index in [-0.39, 0.29) is 30.2 Å². The van der Waals surface area contributed by atoms with Crippen LogP contribution in [0.4, 0.5) is 5.69 Å². The lowest BCUT2D eigenvalue weighted by molar-refractivity contribution is -0.149. The molecule has 2 aromatic rings. The van der Waals surface area contributed by atoms with Crippen LogP contribution in [-0.2, 0) is 19.1 Å². The molecule has 3 aliphatic heterocycles. The van der Waals surface area contributed by atoms with Crippen LogP contribution < -0.4 is 10.6 Å². The summed E-state index contributed by atoms with van der Waals surface area (Å²) >= 11 is 0. The molecule has 3 aliphatic rings. The summed E-state index contributed by atoms with van der Waals surface area (Å²) < 4.78 is 6.79. The molecular formula is C31H39N3O5. The van der Waals surface area contributed by atoms with Gasteiger partial charge in [0.1, 0.15) is 11.6 Å². The number of nitrogens with zero attached hydrogens (tertiary/aromatic N) is 1. The second-order valence-electron chi connectivity index (χ2n) is 11.7. The Kier molecular flexibility index (Phi) is 7.06. The van der Waals surface area contributed by atoms with E-state index >= 15 is 0 Å². The van der Waals surface area contributed by atoms with E-state index in [1.54, 1.807) is 0 Å². The number of carbonyl (C=O) groups is 3. The molecule has 0 aromatic heterocycles. The second-order valence-corrected chi connectivity index (χ2v) is 11.7. The van der Waals surface area contributed by atoms with Crippen LogP contribution in [0.3, 0.4) is 0 Å². The number of hydrogen-bond donors (Lipinski definition) is 3. The highest BCUT2D eigenvalue weighted by Gasteiger charge is 2.80. The summed E-state index contributed by atoms with van der Waals surface area (Å²) in [6, 6.07) is 13.3. The molecule has 3 saturated heterocycles. The maximum absolute atomic E-state index is 14.4. The van der Waals surface area contributed by atoms with Gasteiger partial charge in [-0.25, -0.2) is 0 Å². The molecule has 5 rings (SSSR count). The van der Waals surface area contributed by atoms with Gasteiger partial charge in [-0.1, -0.05) is 56.3 Å². The Morgan fingerprint density at radius 3 is 2.54 bits per heavy atom. The Balaban J connectivity index is 1.63. The van der Waals surface area contributed by atoms with Crippen molar-refractivity contribution in [2.75, 3.05) is 18.5 Å². The topological polar surface area (TPSA) is 108 Å². The second kappa shape index (κ2) is 10.1. The fraction of sp³-hybridized carbons (Fsp3) is 0.516. The fourth-order valence-corrected chi connectivity index (χ4v) is 7.17. The van der Waals surface area contributed by atoms with Crippen molar-refractivity contribution in [1.29, 1.82) is 0 Å². The number of anilines is 1. The van der Waals surface area contributed by atoms with Crippen molar-refractivity contribution in [2.24, 2.45) is 17.8 Å². The third kappa shape index (κ3) is 4.16. The third-order valence-electron chi connectivity index (χ3n) is 9.18. The van der Waals surface area contributed by atoms with Gasteiger partial charge < -0.3 is 25.4 Å². The van der Waals surface area contributed by atoms with Gasteiger partial charge in [-0.3, -0.25) is 14.4 Å². The lowest BCUT2D eigenvalue weighted by atomic mass is 9.62. The molecule has 2 bridgehead atoms.